The molecule has 1 aromatic heterocycles. The Hall–Kier alpha value is -1.88. The van der Waals surface area contributed by atoms with Crippen molar-refractivity contribution in [3.8, 4) is 11.5 Å². The third kappa shape index (κ3) is 3.36. The van der Waals surface area contributed by atoms with Gasteiger partial charge in [-0.1, -0.05) is 0 Å². The molecule has 0 spiro atoms. The van der Waals surface area contributed by atoms with Crippen molar-refractivity contribution in [1.82, 2.24) is 0 Å². The Morgan fingerprint density at radius 1 is 1.25 bits per heavy atom. The smallest absolute Gasteiger partial charge is 0.162 e. The van der Waals surface area contributed by atoms with E-state index < -0.39 is 0 Å². The van der Waals surface area contributed by atoms with Gasteiger partial charge >= 0.3 is 0 Å². The van der Waals surface area contributed by atoms with Crippen molar-refractivity contribution < 1.29 is 9.47 Å². The van der Waals surface area contributed by atoms with Crippen LogP contribution in [0.3, 0.4) is 0 Å². The predicted octanol–water partition coefficient (Wildman–Crippen LogP) is 3.39. The van der Waals surface area contributed by atoms with Crippen LogP contribution in [0, 0.1) is 0 Å². The first-order valence-electron chi connectivity index (χ1n) is 6.43. The zero-order valence-electron chi connectivity index (χ0n) is 12.0. The fourth-order valence-corrected chi connectivity index (χ4v) is 2.78. The minimum Gasteiger partial charge on any atom is -0.493 e. The SMILES string of the molecule is COc1cc(N)c(NC(C)Cc2ccsc2)cc1OC. The molecule has 20 heavy (non-hydrogen) atoms. The van der Waals surface area contributed by atoms with Gasteiger partial charge in [0.2, 0.25) is 0 Å². The summed E-state index contributed by atoms with van der Waals surface area (Å²) in [6, 6.07) is 6.07. The van der Waals surface area contributed by atoms with Crippen LogP contribution >= 0.6 is 11.3 Å². The molecule has 1 aromatic carbocycles. The van der Waals surface area contributed by atoms with Crippen molar-refractivity contribution in [3.05, 3.63) is 34.5 Å². The van der Waals surface area contributed by atoms with Crippen LogP contribution in [0.15, 0.2) is 29.0 Å². The number of thiophene rings is 1. The van der Waals surface area contributed by atoms with E-state index in [9.17, 15) is 0 Å². The fraction of sp³-hybridized carbons (Fsp3) is 0.333. The first-order valence-corrected chi connectivity index (χ1v) is 7.37. The van der Waals surface area contributed by atoms with Gasteiger partial charge in [-0.15, -0.1) is 0 Å². The molecule has 1 heterocycles. The van der Waals surface area contributed by atoms with Crippen molar-refractivity contribution in [3.63, 3.8) is 0 Å². The Labute approximate surface area is 123 Å². The van der Waals surface area contributed by atoms with E-state index in [0.29, 0.717) is 17.2 Å². The predicted molar refractivity (Wildman–Crippen MR) is 85.1 cm³/mol. The molecule has 4 nitrogen and oxygen atoms in total. The van der Waals surface area contributed by atoms with E-state index in [2.05, 4.69) is 29.1 Å². The first kappa shape index (κ1) is 14.5. The number of nitrogen functional groups attached to an aromatic ring is 1. The highest BCUT2D eigenvalue weighted by Crippen LogP contribution is 2.35. The Kier molecular flexibility index (Phi) is 4.74. The maximum Gasteiger partial charge on any atom is 0.162 e. The molecular weight excluding hydrogens is 272 g/mol. The average molecular weight is 292 g/mol. The van der Waals surface area contributed by atoms with E-state index in [1.54, 1.807) is 31.6 Å². The van der Waals surface area contributed by atoms with Crippen LogP contribution in [0.5, 0.6) is 11.5 Å². The molecule has 0 bridgehead atoms. The Morgan fingerprint density at radius 2 is 1.95 bits per heavy atom. The molecule has 1 atom stereocenters. The van der Waals surface area contributed by atoms with E-state index in [-0.39, 0.29) is 6.04 Å². The van der Waals surface area contributed by atoms with E-state index in [0.717, 1.165) is 12.1 Å². The molecule has 108 valence electrons. The first-order chi connectivity index (χ1) is 9.63. The fourth-order valence-electron chi connectivity index (χ4n) is 2.10. The molecule has 2 rings (SSSR count). The summed E-state index contributed by atoms with van der Waals surface area (Å²) in [5, 5.41) is 7.67. The third-order valence-electron chi connectivity index (χ3n) is 3.08. The highest BCUT2D eigenvalue weighted by molar-refractivity contribution is 7.07. The number of anilines is 2. The van der Waals surface area contributed by atoms with Crippen LogP contribution in [0.4, 0.5) is 11.4 Å². The van der Waals surface area contributed by atoms with Gasteiger partial charge in [0.25, 0.3) is 0 Å². The molecule has 0 radical (unpaired) electrons. The van der Waals surface area contributed by atoms with Gasteiger partial charge in [0.1, 0.15) is 0 Å². The standard InChI is InChI=1S/C15H20N2O2S/c1-10(6-11-4-5-20-9-11)17-13-8-15(19-3)14(18-2)7-12(13)16/h4-5,7-10,17H,6,16H2,1-3H3. The molecule has 0 aliphatic rings. The zero-order chi connectivity index (χ0) is 14.5. The summed E-state index contributed by atoms with van der Waals surface area (Å²) >= 11 is 1.71. The topological polar surface area (TPSA) is 56.5 Å². The van der Waals surface area contributed by atoms with Gasteiger partial charge in [-0.2, -0.15) is 11.3 Å². The van der Waals surface area contributed by atoms with Gasteiger partial charge in [0.15, 0.2) is 11.5 Å². The molecular formula is C15H20N2O2S. The Balaban J connectivity index is 2.12. The minimum atomic E-state index is 0.282. The lowest BCUT2D eigenvalue weighted by Gasteiger charge is -2.18. The minimum absolute atomic E-state index is 0.282. The van der Waals surface area contributed by atoms with Crippen molar-refractivity contribution in [2.45, 2.75) is 19.4 Å². The highest BCUT2D eigenvalue weighted by atomic mass is 32.1. The Bertz CT molecular complexity index is 555. The number of hydrogen-bond acceptors (Lipinski definition) is 5. The zero-order valence-corrected chi connectivity index (χ0v) is 12.8. The van der Waals surface area contributed by atoms with Gasteiger partial charge in [-0.3, -0.25) is 0 Å². The summed E-state index contributed by atoms with van der Waals surface area (Å²) in [6.45, 7) is 2.13. The number of nitrogens with one attached hydrogen (secondary N) is 1. The van der Waals surface area contributed by atoms with E-state index >= 15 is 0 Å². The largest absolute Gasteiger partial charge is 0.493 e. The summed E-state index contributed by atoms with van der Waals surface area (Å²) in [7, 11) is 3.22. The number of methoxy groups -OCH3 is 2. The lowest BCUT2D eigenvalue weighted by molar-refractivity contribution is 0.355. The number of rotatable bonds is 6. The molecule has 1 unspecified atom stereocenters. The van der Waals surface area contributed by atoms with Gasteiger partial charge in [-0.05, 0) is 35.7 Å². The lowest BCUT2D eigenvalue weighted by Crippen LogP contribution is -2.18. The summed E-state index contributed by atoms with van der Waals surface area (Å²) in [4.78, 5) is 0. The number of benzene rings is 1. The van der Waals surface area contributed by atoms with Crippen LogP contribution < -0.4 is 20.5 Å². The van der Waals surface area contributed by atoms with Crippen LogP contribution in [0.25, 0.3) is 0 Å². The normalized spacial score (nSPS) is 11.9. The monoisotopic (exact) mass is 292 g/mol. The summed E-state index contributed by atoms with van der Waals surface area (Å²) in [6.07, 6.45) is 0.956. The van der Waals surface area contributed by atoms with Gasteiger partial charge in [0, 0.05) is 18.2 Å². The summed E-state index contributed by atoms with van der Waals surface area (Å²) in [5.41, 5.74) is 8.89. The van der Waals surface area contributed by atoms with E-state index in [1.807, 2.05) is 6.07 Å². The molecule has 0 saturated heterocycles. The molecule has 5 heteroatoms. The van der Waals surface area contributed by atoms with E-state index in [1.165, 1.54) is 5.56 Å². The van der Waals surface area contributed by atoms with Crippen molar-refractivity contribution in [2.24, 2.45) is 0 Å². The van der Waals surface area contributed by atoms with Crippen molar-refractivity contribution in [1.29, 1.82) is 0 Å². The molecule has 0 amide bonds. The average Bonchev–Trinajstić information content (AvgIpc) is 2.93. The van der Waals surface area contributed by atoms with Crippen LogP contribution in [0.2, 0.25) is 0 Å². The molecule has 3 N–H and O–H groups in total. The summed E-state index contributed by atoms with van der Waals surface area (Å²) < 4.78 is 10.5. The highest BCUT2D eigenvalue weighted by Gasteiger charge is 2.11. The van der Waals surface area contributed by atoms with Gasteiger partial charge in [-0.25, -0.2) is 0 Å². The molecule has 2 aromatic rings. The van der Waals surface area contributed by atoms with Gasteiger partial charge in [0.05, 0.1) is 25.6 Å². The second-order valence-corrected chi connectivity index (χ2v) is 5.46. The van der Waals surface area contributed by atoms with Gasteiger partial charge < -0.3 is 20.5 Å². The van der Waals surface area contributed by atoms with E-state index in [4.69, 9.17) is 15.2 Å². The molecule has 0 saturated carbocycles. The Morgan fingerprint density at radius 3 is 2.55 bits per heavy atom. The number of nitrogens with two attached hydrogens (primary N) is 1. The number of hydrogen-bond donors (Lipinski definition) is 2. The van der Waals surface area contributed by atoms with Crippen molar-refractivity contribution in [2.75, 3.05) is 25.3 Å². The quantitative estimate of drug-likeness (QED) is 0.801. The maximum absolute atomic E-state index is 6.05. The maximum atomic E-state index is 6.05. The second kappa shape index (κ2) is 6.52. The van der Waals surface area contributed by atoms with Crippen LogP contribution in [-0.4, -0.2) is 20.3 Å². The molecule has 0 aliphatic heterocycles. The molecule has 0 aliphatic carbocycles. The number of ether oxygens (including phenoxy) is 2. The van der Waals surface area contributed by atoms with Crippen LogP contribution in [-0.2, 0) is 6.42 Å². The third-order valence-corrected chi connectivity index (χ3v) is 3.81. The van der Waals surface area contributed by atoms with Crippen molar-refractivity contribution >= 4 is 22.7 Å². The van der Waals surface area contributed by atoms with Crippen LogP contribution in [0.1, 0.15) is 12.5 Å². The lowest BCUT2D eigenvalue weighted by atomic mass is 10.1. The summed E-state index contributed by atoms with van der Waals surface area (Å²) in [5.74, 6) is 1.31. The second-order valence-electron chi connectivity index (χ2n) is 4.68. The molecule has 0 fully saturated rings.